The van der Waals surface area contributed by atoms with E-state index in [-0.39, 0.29) is 17.0 Å². The molecule has 1 aromatic carbocycles. The van der Waals surface area contributed by atoms with Crippen molar-refractivity contribution < 1.29 is 13.2 Å². The Hall–Kier alpha value is -2.56. The molecule has 1 aliphatic carbocycles. The molecule has 1 amide bonds. The number of aromatic nitrogens is 2. The topological polar surface area (TPSA) is 101 Å². The van der Waals surface area contributed by atoms with E-state index >= 15 is 0 Å². The number of hydrogen-bond donors (Lipinski definition) is 1. The Morgan fingerprint density at radius 3 is 2.73 bits per heavy atom. The van der Waals surface area contributed by atoms with Crippen molar-refractivity contribution in [3.8, 4) is 0 Å². The number of anilines is 1. The highest BCUT2D eigenvalue weighted by atomic mass is 32.2. The number of hydrogen-bond acceptors (Lipinski definition) is 6. The molecule has 1 atom stereocenters. The summed E-state index contributed by atoms with van der Waals surface area (Å²) in [7, 11) is -0.732. The summed E-state index contributed by atoms with van der Waals surface area (Å²) in [5, 5.41) is 3.41. The lowest BCUT2D eigenvalue weighted by molar-refractivity contribution is -0.116. The van der Waals surface area contributed by atoms with Crippen LogP contribution in [0.4, 0.5) is 5.69 Å². The number of benzene rings is 1. The second kappa shape index (κ2) is 8.66. The van der Waals surface area contributed by atoms with Crippen molar-refractivity contribution in [2.75, 3.05) is 19.4 Å². The fraction of sp³-hybridized carbons (Fsp3) is 0.435. The van der Waals surface area contributed by atoms with E-state index in [0.29, 0.717) is 17.0 Å². The van der Waals surface area contributed by atoms with Crippen LogP contribution in [0.1, 0.15) is 34.9 Å². The van der Waals surface area contributed by atoms with Gasteiger partial charge in [0.2, 0.25) is 15.9 Å². The molecule has 4 rings (SSSR count). The average Bonchev–Trinajstić information content (AvgIpc) is 3.11. The summed E-state index contributed by atoms with van der Waals surface area (Å²) in [5.74, 6) is 0.176. The van der Waals surface area contributed by atoms with Crippen LogP contribution in [0.2, 0.25) is 0 Å². The van der Waals surface area contributed by atoms with Gasteiger partial charge in [0.15, 0.2) is 0 Å². The van der Waals surface area contributed by atoms with Gasteiger partial charge in [0.05, 0.1) is 16.6 Å². The number of thiophene rings is 1. The fourth-order valence-corrected chi connectivity index (χ4v) is 6.49. The third-order valence-corrected chi connectivity index (χ3v) is 9.24. The molecular formula is C23H28N4O4S2. The second-order valence-corrected chi connectivity index (χ2v) is 12.2. The van der Waals surface area contributed by atoms with Crippen LogP contribution in [0.5, 0.6) is 0 Å². The molecule has 3 aromatic rings. The minimum absolute atomic E-state index is 0.102. The molecule has 1 N–H and O–H groups in total. The predicted octanol–water partition coefficient (Wildman–Crippen LogP) is 3.09. The van der Waals surface area contributed by atoms with E-state index in [9.17, 15) is 18.0 Å². The van der Waals surface area contributed by atoms with Gasteiger partial charge in [0.1, 0.15) is 11.4 Å². The highest BCUT2D eigenvalue weighted by Crippen LogP contribution is 2.35. The first kappa shape index (κ1) is 23.6. The third kappa shape index (κ3) is 4.34. The molecule has 0 fully saturated rings. The molecular weight excluding hydrogens is 460 g/mol. The van der Waals surface area contributed by atoms with E-state index in [1.165, 1.54) is 35.9 Å². The summed E-state index contributed by atoms with van der Waals surface area (Å²) < 4.78 is 27.6. The molecule has 10 heteroatoms. The Bertz CT molecular complexity index is 1420. The normalized spacial score (nSPS) is 16.2. The maximum Gasteiger partial charge on any atom is 0.262 e. The van der Waals surface area contributed by atoms with Crippen molar-refractivity contribution in [1.29, 1.82) is 0 Å². The smallest absolute Gasteiger partial charge is 0.262 e. The van der Waals surface area contributed by atoms with Gasteiger partial charge in [-0.05, 0) is 67.9 Å². The molecule has 0 saturated carbocycles. The highest BCUT2D eigenvalue weighted by molar-refractivity contribution is 7.89. The van der Waals surface area contributed by atoms with E-state index in [0.717, 1.165) is 45.1 Å². The van der Waals surface area contributed by atoms with Crippen LogP contribution in [0.3, 0.4) is 0 Å². The lowest BCUT2D eigenvalue weighted by Crippen LogP contribution is -2.28. The fourth-order valence-electron chi connectivity index (χ4n) is 4.14. The molecule has 1 unspecified atom stereocenters. The first-order valence-corrected chi connectivity index (χ1v) is 13.1. The first-order valence-electron chi connectivity index (χ1n) is 10.8. The van der Waals surface area contributed by atoms with Gasteiger partial charge in [-0.15, -0.1) is 11.3 Å². The predicted molar refractivity (Wildman–Crippen MR) is 130 cm³/mol. The monoisotopic (exact) mass is 488 g/mol. The zero-order valence-corrected chi connectivity index (χ0v) is 21.1. The van der Waals surface area contributed by atoms with Gasteiger partial charge in [-0.3, -0.25) is 14.2 Å². The van der Waals surface area contributed by atoms with Crippen molar-refractivity contribution in [3.05, 3.63) is 50.4 Å². The number of amides is 1. The molecule has 33 heavy (non-hydrogen) atoms. The molecule has 0 radical (unpaired) electrons. The van der Waals surface area contributed by atoms with Crippen LogP contribution < -0.4 is 10.9 Å². The number of nitrogens with one attached hydrogen (secondary N) is 1. The van der Waals surface area contributed by atoms with Crippen molar-refractivity contribution in [2.24, 2.45) is 5.92 Å². The van der Waals surface area contributed by atoms with Crippen LogP contribution >= 0.6 is 11.3 Å². The molecule has 176 valence electrons. The minimum atomic E-state index is -3.65. The van der Waals surface area contributed by atoms with E-state index < -0.39 is 15.9 Å². The number of carbonyl (C=O) groups is 1. The Morgan fingerprint density at radius 2 is 2.03 bits per heavy atom. The van der Waals surface area contributed by atoms with Crippen LogP contribution in [0.15, 0.2) is 28.2 Å². The summed E-state index contributed by atoms with van der Waals surface area (Å²) in [5.41, 5.74) is 2.78. The Balaban J connectivity index is 1.63. The minimum Gasteiger partial charge on any atom is -0.324 e. The number of fused-ring (bicyclic) bond motifs is 3. The number of nitrogens with zero attached hydrogens (tertiary/aromatic N) is 3. The second-order valence-electron chi connectivity index (χ2n) is 8.96. The summed E-state index contributed by atoms with van der Waals surface area (Å²) in [4.78, 5) is 32.5. The standard InChI is InChI=1S/C23H28N4O4S2/c1-13-6-7-17-19(8-13)32-22-21(17)23(29)27(12-24-22)11-20(28)25-18-10-16(9-14(2)15(18)3)33(30,31)26(4)5/h9-10,12-13H,6-8,11H2,1-5H3,(H,25,28). The zero-order valence-electron chi connectivity index (χ0n) is 19.4. The molecule has 0 spiro atoms. The van der Waals surface area contributed by atoms with Gasteiger partial charge >= 0.3 is 0 Å². The van der Waals surface area contributed by atoms with Gasteiger partial charge in [0.25, 0.3) is 5.56 Å². The summed E-state index contributed by atoms with van der Waals surface area (Å²) >= 11 is 1.57. The average molecular weight is 489 g/mol. The van der Waals surface area contributed by atoms with Gasteiger partial charge in [-0.25, -0.2) is 17.7 Å². The van der Waals surface area contributed by atoms with E-state index in [4.69, 9.17) is 0 Å². The van der Waals surface area contributed by atoms with E-state index in [1.54, 1.807) is 24.3 Å². The molecule has 0 aliphatic heterocycles. The van der Waals surface area contributed by atoms with Gasteiger partial charge < -0.3 is 5.32 Å². The van der Waals surface area contributed by atoms with Crippen molar-refractivity contribution >= 4 is 43.2 Å². The molecule has 2 heterocycles. The van der Waals surface area contributed by atoms with Gasteiger partial charge in [-0.2, -0.15) is 0 Å². The molecule has 8 nitrogen and oxygen atoms in total. The van der Waals surface area contributed by atoms with Gasteiger partial charge in [-0.1, -0.05) is 6.92 Å². The SMILES string of the molecule is Cc1cc(S(=O)(=O)N(C)C)cc(NC(=O)Cn2cnc3sc4c(c3c2=O)CCC(C)C4)c1C. The number of sulfonamides is 1. The quantitative estimate of drug-likeness (QED) is 0.595. The lowest BCUT2D eigenvalue weighted by Gasteiger charge is -2.17. The maximum absolute atomic E-state index is 13.2. The highest BCUT2D eigenvalue weighted by Gasteiger charge is 2.24. The Morgan fingerprint density at radius 1 is 1.30 bits per heavy atom. The largest absolute Gasteiger partial charge is 0.324 e. The van der Waals surface area contributed by atoms with Crippen molar-refractivity contribution in [1.82, 2.24) is 13.9 Å². The van der Waals surface area contributed by atoms with Crippen molar-refractivity contribution in [2.45, 2.75) is 51.5 Å². The lowest BCUT2D eigenvalue weighted by atomic mass is 9.89. The van der Waals surface area contributed by atoms with Crippen LogP contribution in [-0.2, 0) is 34.2 Å². The zero-order chi connectivity index (χ0) is 24.1. The number of rotatable bonds is 5. The van der Waals surface area contributed by atoms with Crippen molar-refractivity contribution in [3.63, 3.8) is 0 Å². The third-order valence-electron chi connectivity index (χ3n) is 6.29. The van der Waals surface area contributed by atoms with E-state index in [2.05, 4.69) is 17.2 Å². The van der Waals surface area contributed by atoms with E-state index in [1.807, 2.05) is 6.92 Å². The summed E-state index contributed by atoms with van der Waals surface area (Å²) in [6, 6.07) is 3.04. The summed E-state index contributed by atoms with van der Waals surface area (Å²) in [6.07, 6.45) is 4.27. The molecule has 0 bridgehead atoms. The van der Waals surface area contributed by atoms with Crippen LogP contribution in [0, 0.1) is 19.8 Å². The molecule has 2 aromatic heterocycles. The van der Waals surface area contributed by atoms with Crippen LogP contribution in [0.25, 0.3) is 10.2 Å². The number of carbonyl (C=O) groups excluding carboxylic acids is 1. The Kier molecular flexibility index (Phi) is 6.19. The Labute approximate surface area is 197 Å². The van der Waals surface area contributed by atoms with Crippen LogP contribution in [-0.4, -0.2) is 42.3 Å². The first-order chi connectivity index (χ1) is 15.5. The van der Waals surface area contributed by atoms with Gasteiger partial charge in [0, 0.05) is 24.7 Å². The summed E-state index contributed by atoms with van der Waals surface area (Å²) in [6.45, 7) is 5.62. The number of aryl methyl sites for hydroxylation is 2. The maximum atomic E-state index is 13.2. The molecule has 0 saturated heterocycles. The molecule has 1 aliphatic rings.